The normalized spacial score (nSPS) is 24.1. The van der Waals surface area contributed by atoms with Crippen molar-refractivity contribution in [3.8, 4) is 0 Å². The molecule has 0 aromatic carbocycles. The summed E-state index contributed by atoms with van der Waals surface area (Å²) in [6, 6.07) is 0. The Kier molecular flexibility index (Phi) is 2.30. The standard InChI is InChI=1S/C15H18/c1-6-12-13(7-9(2)3)11(5)15-10(4)8-14(12)15/h6,14H,1-2,4,7-8H2,3,5H3. The molecule has 0 N–H and O–H groups in total. The van der Waals surface area contributed by atoms with Gasteiger partial charge in [-0.05, 0) is 49.0 Å². The molecule has 0 aromatic rings. The maximum Gasteiger partial charge on any atom is 0.0138 e. The van der Waals surface area contributed by atoms with Crippen LogP contribution in [-0.4, -0.2) is 0 Å². The monoisotopic (exact) mass is 198 g/mol. The lowest BCUT2D eigenvalue weighted by atomic mass is 9.73. The molecule has 0 heterocycles. The van der Waals surface area contributed by atoms with Crippen molar-refractivity contribution in [3.05, 3.63) is 59.3 Å². The fraction of sp³-hybridized carbons (Fsp3) is 0.333. The van der Waals surface area contributed by atoms with Crippen LogP contribution >= 0.6 is 0 Å². The second kappa shape index (κ2) is 3.37. The molecule has 1 atom stereocenters. The quantitative estimate of drug-likeness (QED) is 0.592. The minimum Gasteiger partial charge on any atom is -0.0998 e. The van der Waals surface area contributed by atoms with E-state index in [-0.39, 0.29) is 0 Å². The zero-order chi connectivity index (χ0) is 11.2. The van der Waals surface area contributed by atoms with E-state index in [1.807, 2.05) is 6.08 Å². The molecule has 0 heteroatoms. The Labute approximate surface area is 92.4 Å². The molecule has 0 saturated heterocycles. The van der Waals surface area contributed by atoms with E-state index in [1.165, 1.54) is 33.4 Å². The number of hydrogen-bond acceptors (Lipinski definition) is 0. The molecule has 0 spiro atoms. The fourth-order valence-electron chi connectivity index (χ4n) is 2.76. The van der Waals surface area contributed by atoms with Gasteiger partial charge in [0.05, 0.1) is 0 Å². The zero-order valence-electron chi connectivity index (χ0n) is 9.69. The first-order valence-corrected chi connectivity index (χ1v) is 5.45. The molecule has 0 aromatic heterocycles. The van der Waals surface area contributed by atoms with E-state index in [9.17, 15) is 0 Å². The average Bonchev–Trinajstić information content (AvgIpc) is 2.34. The Bertz CT molecular complexity index is 427. The van der Waals surface area contributed by atoms with Crippen LogP contribution in [0.3, 0.4) is 0 Å². The van der Waals surface area contributed by atoms with Crippen LogP contribution < -0.4 is 0 Å². The highest BCUT2D eigenvalue weighted by Gasteiger charge is 2.38. The largest absolute Gasteiger partial charge is 0.0998 e. The van der Waals surface area contributed by atoms with Crippen LogP contribution in [0.4, 0.5) is 0 Å². The Morgan fingerprint density at radius 1 is 1.53 bits per heavy atom. The van der Waals surface area contributed by atoms with Crippen LogP contribution in [0.2, 0.25) is 0 Å². The number of hydrogen-bond donors (Lipinski definition) is 0. The van der Waals surface area contributed by atoms with Crippen molar-refractivity contribution in [2.24, 2.45) is 5.92 Å². The van der Waals surface area contributed by atoms with Crippen LogP contribution in [0.5, 0.6) is 0 Å². The van der Waals surface area contributed by atoms with Gasteiger partial charge < -0.3 is 0 Å². The van der Waals surface area contributed by atoms with Crippen molar-refractivity contribution in [1.82, 2.24) is 0 Å². The number of rotatable bonds is 3. The van der Waals surface area contributed by atoms with E-state index in [0.717, 1.165) is 12.8 Å². The molecule has 15 heavy (non-hydrogen) atoms. The maximum atomic E-state index is 4.09. The van der Waals surface area contributed by atoms with Gasteiger partial charge in [0, 0.05) is 5.92 Å². The van der Waals surface area contributed by atoms with E-state index in [2.05, 4.69) is 33.6 Å². The fourth-order valence-corrected chi connectivity index (χ4v) is 2.76. The third-order valence-corrected chi connectivity index (χ3v) is 3.46. The third-order valence-electron chi connectivity index (χ3n) is 3.46. The molecular weight excluding hydrogens is 180 g/mol. The smallest absolute Gasteiger partial charge is 0.0138 e. The molecule has 2 aliphatic carbocycles. The molecule has 2 rings (SSSR count). The van der Waals surface area contributed by atoms with Gasteiger partial charge in [0.1, 0.15) is 0 Å². The van der Waals surface area contributed by atoms with Crippen molar-refractivity contribution in [1.29, 1.82) is 0 Å². The summed E-state index contributed by atoms with van der Waals surface area (Å²) < 4.78 is 0. The second-order valence-electron chi connectivity index (χ2n) is 4.67. The van der Waals surface area contributed by atoms with Gasteiger partial charge in [-0.25, -0.2) is 0 Å². The van der Waals surface area contributed by atoms with Gasteiger partial charge in [-0.2, -0.15) is 0 Å². The van der Waals surface area contributed by atoms with Gasteiger partial charge in [-0.15, -0.1) is 0 Å². The molecule has 1 unspecified atom stereocenters. The van der Waals surface area contributed by atoms with Crippen molar-refractivity contribution in [3.63, 3.8) is 0 Å². The van der Waals surface area contributed by atoms with E-state index in [0.29, 0.717) is 5.92 Å². The van der Waals surface area contributed by atoms with Crippen molar-refractivity contribution in [2.75, 3.05) is 0 Å². The topological polar surface area (TPSA) is 0 Å². The van der Waals surface area contributed by atoms with E-state index in [1.54, 1.807) is 0 Å². The lowest BCUT2D eigenvalue weighted by Gasteiger charge is -2.30. The molecule has 1 saturated carbocycles. The van der Waals surface area contributed by atoms with Gasteiger partial charge in [-0.1, -0.05) is 37.0 Å². The van der Waals surface area contributed by atoms with Crippen LogP contribution in [0.1, 0.15) is 26.7 Å². The molecule has 0 bridgehead atoms. The summed E-state index contributed by atoms with van der Waals surface area (Å²) in [5.41, 5.74) is 8.29. The summed E-state index contributed by atoms with van der Waals surface area (Å²) in [6.07, 6.45) is 4.13. The summed E-state index contributed by atoms with van der Waals surface area (Å²) in [7, 11) is 0. The van der Waals surface area contributed by atoms with E-state index in [4.69, 9.17) is 0 Å². The lowest BCUT2D eigenvalue weighted by Crippen LogP contribution is -2.17. The molecule has 1 fully saturated rings. The molecule has 0 radical (unpaired) electrons. The first kappa shape index (κ1) is 10.2. The van der Waals surface area contributed by atoms with Crippen LogP contribution in [-0.2, 0) is 0 Å². The highest BCUT2D eigenvalue weighted by atomic mass is 14.4. The van der Waals surface area contributed by atoms with Crippen LogP contribution in [0.15, 0.2) is 59.3 Å². The maximum absolute atomic E-state index is 4.09. The first-order chi connectivity index (χ1) is 7.06. The minimum atomic E-state index is 0.601. The molecule has 78 valence electrons. The Balaban J connectivity index is 2.42. The van der Waals surface area contributed by atoms with E-state index >= 15 is 0 Å². The minimum absolute atomic E-state index is 0.601. The summed E-state index contributed by atoms with van der Waals surface area (Å²) in [4.78, 5) is 0. The molecule has 0 aliphatic heterocycles. The van der Waals surface area contributed by atoms with Gasteiger partial charge in [0.15, 0.2) is 0 Å². The van der Waals surface area contributed by atoms with Crippen LogP contribution in [0.25, 0.3) is 0 Å². The predicted octanol–water partition coefficient (Wildman–Crippen LogP) is 4.34. The third kappa shape index (κ3) is 1.36. The second-order valence-corrected chi connectivity index (χ2v) is 4.67. The molecule has 0 amide bonds. The number of fused-ring (bicyclic) bond motifs is 1. The number of allylic oxidation sites excluding steroid dienone is 7. The average molecular weight is 198 g/mol. The summed E-state index contributed by atoms with van der Waals surface area (Å²) in [6.45, 7) is 16.3. The van der Waals surface area contributed by atoms with Crippen LogP contribution in [0, 0.1) is 5.92 Å². The Morgan fingerprint density at radius 3 is 2.67 bits per heavy atom. The Morgan fingerprint density at radius 2 is 2.20 bits per heavy atom. The highest BCUT2D eigenvalue weighted by molar-refractivity contribution is 5.64. The molecule has 2 aliphatic rings. The first-order valence-electron chi connectivity index (χ1n) is 5.45. The molecular formula is C15H18. The van der Waals surface area contributed by atoms with Crippen molar-refractivity contribution < 1.29 is 0 Å². The lowest BCUT2D eigenvalue weighted by molar-refractivity contribution is 0.644. The summed E-state index contributed by atoms with van der Waals surface area (Å²) >= 11 is 0. The van der Waals surface area contributed by atoms with Crippen molar-refractivity contribution in [2.45, 2.75) is 26.7 Å². The van der Waals surface area contributed by atoms with Gasteiger partial charge in [0.25, 0.3) is 0 Å². The SMILES string of the molecule is C=CC1=C(CC(=C)C)C(C)=C2C(=C)CC12. The van der Waals surface area contributed by atoms with Gasteiger partial charge in [-0.3, -0.25) is 0 Å². The highest BCUT2D eigenvalue weighted by Crippen LogP contribution is 2.53. The predicted molar refractivity (Wildman–Crippen MR) is 66.6 cm³/mol. The summed E-state index contributed by atoms with van der Waals surface area (Å²) in [5.74, 6) is 0.601. The van der Waals surface area contributed by atoms with Gasteiger partial charge >= 0.3 is 0 Å². The molecule has 0 nitrogen and oxygen atoms in total. The Hall–Kier alpha value is -1.30. The van der Waals surface area contributed by atoms with Crippen molar-refractivity contribution >= 4 is 0 Å². The van der Waals surface area contributed by atoms with E-state index < -0.39 is 0 Å². The summed E-state index contributed by atoms with van der Waals surface area (Å²) in [5, 5.41) is 0. The zero-order valence-corrected chi connectivity index (χ0v) is 9.69. The van der Waals surface area contributed by atoms with Gasteiger partial charge in [0.2, 0.25) is 0 Å².